The average Bonchev–Trinajstić information content (AvgIpc) is 3.11. The van der Waals surface area contributed by atoms with E-state index in [1.54, 1.807) is 12.3 Å². The second-order valence-corrected chi connectivity index (χ2v) is 8.22. The number of nitrogens with one attached hydrogen (secondary N) is 2. The predicted molar refractivity (Wildman–Crippen MR) is 112 cm³/mol. The normalized spacial score (nSPS) is 16.1. The lowest BCUT2D eigenvalue weighted by Crippen LogP contribution is -2.32. The number of fused-ring (bicyclic) bond motifs is 4. The van der Waals surface area contributed by atoms with Gasteiger partial charge in [0.05, 0.1) is 23.5 Å². The van der Waals surface area contributed by atoms with E-state index in [1.165, 1.54) is 35.0 Å². The minimum atomic E-state index is -0.295. The summed E-state index contributed by atoms with van der Waals surface area (Å²) < 4.78 is 13.6. The third kappa shape index (κ3) is 3.46. The van der Waals surface area contributed by atoms with E-state index in [2.05, 4.69) is 32.6 Å². The summed E-state index contributed by atoms with van der Waals surface area (Å²) in [6.07, 6.45) is 4.72. The fourth-order valence-corrected chi connectivity index (χ4v) is 4.81. The number of carbonyl (C=O) groups excluding carboxylic acids is 1. The molecule has 146 valence electrons. The molecule has 1 atom stereocenters. The molecule has 2 heterocycles. The Morgan fingerprint density at radius 2 is 2.14 bits per heavy atom. The van der Waals surface area contributed by atoms with Crippen LogP contribution in [0.15, 0.2) is 53.7 Å². The number of aryl methyl sites for hydroxylation is 1. The molecule has 0 spiro atoms. The minimum Gasteiger partial charge on any atom is -0.352 e. The summed E-state index contributed by atoms with van der Waals surface area (Å²) in [5.74, 6) is -0.0786. The number of nitrogens with zero attached hydrogens (tertiary/aromatic N) is 2. The molecule has 0 saturated heterocycles. The van der Waals surface area contributed by atoms with Crippen molar-refractivity contribution in [2.45, 2.75) is 30.3 Å². The Kier molecular flexibility index (Phi) is 4.67. The highest BCUT2D eigenvalue weighted by atomic mass is 32.2. The lowest BCUT2D eigenvalue weighted by atomic mass is 9.88. The first-order chi connectivity index (χ1) is 14.2. The summed E-state index contributed by atoms with van der Waals surface area (Å²) in [5, 5.41) is 13.6. The third-order valence-corrected chi connectivity index (χ3v) is 6.36. The van der Waals surface area contributed by atoms with Crippen molar-refractivity contribution in [3.8, 4) is 0 Å². The first-order valence-corrected chi connectivity index (χ1v) is 10.6. The fourth-order valence-electron chi connectivity index (χ4n) is 4.05. The molecule has 0 saturated carbocycles. The molecule has 5 nitrogen and oxygen atoms in total. The van der Waals surface area contributed by atoms with Crippen molar-refractivity contribution in [2.24, 2.45) is 0 Å². The van der Waals surface area contributed by atoms with E-state index >= 15 is 0 Å². The predicted octanol–water partition coefficient (Wildman–Crippen LogP) is 4.54. The Labute approximate surface area is 171 Å². The number of aromatic nitrogens is 3. The molecule has 0 fully saturated rings. The summed E-state index contributed by atoms with van der Waals surface area (Å²) in [7, 11) is 0. The van der Waals surface area contributed by atoms with E-state index < -0.39 is 0 Å². The molecule has 2 aromatic heterocycles. The summed E-state index contributed by atoms with van der Waals surface area (Å²) in [6.45, 7) is 0. The van der Waals surface area contributed by atoms with Crippen LogP contribution in [0.3, 0.4) is 0 Å². The van der Waals surface area contributed by atoms with E-state index in [4.69, 9.17) is 0 Å². The van der Waals surface area contributed by atoms with Crippen molar-refractivity contribution in [2.75, 3.05) is 5.75 Å². The van der Waals surface area contributed by atoms with Gasteiger partial charge in [-0.05, 0) is 48.6 Å². The topological polar surface area (TPSA) is 70.7 Å². The number of amides is 1. The molecule has 5 rings (SSSR count). The molecular formula is C22H19FN4OS. The number of carbonyl (C=O) groups is 1. The molecule has 1 aliphatic carbocycles. The zero-order chi connectivity index (χ0) is 19.8. The van der Waals surface area contributed by atoms with Crippen molar-refractivity contribution in [3.05, 3.63) is 65.6 Å². The zero-order valence-corrected chi connectivity index (χ0v) is 16.4. The third-order valence-electron chi connectivity index (χ3n) is 5.39. The summed E-state index contributed by atoms with van der Waals surface area (Å²) in [6, 6.07) is 13.0. The van der Waals surface area contributed by atoms with Crippen LogP contribution in [0, 0.1) is 5.82 Å². The highest BCUT2D eigenvalue weighted by Gasteiger charge is 2.21. The van der Waals surface area contributed by atoms with Gasteiger partial charge in [-0.3, -0.25) is 4.79 Å². The Hall–Kier alpha value is -2.93. The van der Waals surface area contributed by atoms with Crippen molar-refractivity contribution >= 4 is 39.5 Å². The van der Waals surface area contributed by atoms with E-state index in [9.17, 15) is 9.18 Å². The Morgan fingerprint density at radius 1 is 1.24 bits per heavy atom. The lowest BCUT2D eigenvalue weighted by molar-refractivity contribution is -0.119. The molecule has 0 unspecified atom stereocenters. The minimum absolute atomic E-state index is 0.0299. The maximum atomic E-state index is 13.6. The fraction of sp³-hybridized carbons (Fsp3) is 0.227. The Morgan fingerprint density at radius 3 is 3.07 bits per heavy atom. The van der Waals surface area contributed by atoms with Gasteiger partial charge in [0.15, 0.2) is 0 Å². The maximum Gasteiger partial charge on any atom is 0.230 e. The number of halogens is 1. The van der Waals surface area contributed by atoms with E-state index in [0.717, 1.165) is 41.1 Å². The number of aromatic amines is 1. The van der Waals surface area contributed by atoms with Gasteiger partial charge in [-0.2, -0.15) is 5.10 Å². The van der Waals surface area contributed by atoms with Crippen LogP contribution in [-0.2, 0) is 11.2 Å². The molecule has 29 heavy (non-hydrogen) atoms. The number of benzene rings is 2. The average molecular weight is 406 g/mol. The van der Waals surface area contributed by atoms with Crippen LogP contribution in [0.25, 0.3) is 21.8 Å². The van der Waals surface area contributed by atoms with Gasteiger partial charge < -0.3 is 10.3 Å². The van der Waals surface area contributed by atoms with Gasteiger partial charge in [-0.25, -0.2) is 4.39 Å². The number of H-pyrrole nitrogens is 1. The Bertz CT molecular complexity index is 1220. The molecule has 4 aromatic rings. The monoisotopic (exact) mass is 406 g/mol. The van der Waals surface area contributed by atoms with Crippen molar-refractivity contribution in [1.82, 2.24) is 20.5 Å². The molecule has 2 aromatic carbocycles. The molecule has 1 aliphatic rings. The maximum absolute atomic E-state index is 13.6. The number of hydrogen-bond donors (Lipinski definition) is 2. The van der Waals surface area contributed by atoms with E-state index in [-0.39, 0.29) is 23.5 Å². The van der Waals surface area contributed by atoms with Gasteiger partial charge in [0.25, 0.3) is 0 Å². The van der Waals surface area contributed by atoms with E-state index in [0.29, 0.717) is 5.03 Å². The van der Waals surface area contributed by atoms with Gasteiger partial charge in [-0.1, -0.05) is 36.0 Å². The van der Waals surface area contributed by atoms with E-state index in [1.807, 2.05) is 12.1 Å². The van der Waals surface area contributed by atoms with Crippen LogP contribution in [0.1, 0.15) is 30.0 Å². The molecule has 0 aliphatic heterocycles. The van der Waals surface area contributed by atoms with Gasteiger partial charge in [0, 0.05) is 16.3 Å². The van der Waals surface area contributed by atoms with Crippen LogP contribution in [0.5, 0.6) is 0 Å². The van der Waals surface area contributed by atoms with Crippen LogP contribution >= 0.6 is 11.8 Å². The highest BCUT2D eigenvalue weighted by molar-refractivity contribution is 8.00. The second-order valence-electron chi connectivity index (χ2n) is 7.25. The van der Waals surface area contributed by atoms with Crippen LogP contribution in [-0.4, -0.2) is 26.8 Å². The van der Waals surface area contributed by atoms with Crippen LogP contribution in [0.4, 0.5) is 4.39 Å². The number of thioether (sulfide) groups is 1. The highest BCUT2D eigenvalue weighted by Crippen LogP contribution is 2.32. The molecule has 0 radical (unpaired) electrons. The number of rotatable bonds is 4. The molecule has 2 N–H and O–H groups in total. The first-order valence-electron chi connectivity index (χ1n) is 9.61. The standard InChI is InChI=1S/C22H19FN4OS/c23-14-8-9-19-16(10-14)17-11-24-27-22(21(17)26-19)29-12-20(28)25-18-7-3-5-13-4-1-2-6-15(13)18/h1-2,4,6,8-11,18,26H,3,5,7,12H2,(H,25,28)/t18-/m1/s1. The lowest BCUT2D eigenvalue weighted by Gasteiger charge is -2.26. The van der Waals surface area contributed by atoms with Crippen molar-refractivity contribution in [3.63, 3.8) is 0 Å². The first kappa shape index (κ1) is 18.1. The van der Waals surface area contributed by atoms with Gasteiger partial charge in [0.2, 0.25) is 5.91 Å². The number of hydrogen-bond acceptors (Lipinski definition) is 4. The molecule has 0 bridgehead atoms. The smallest absolute Gasteiger partial charge is 0.230 e. The van der Waals surface area contributed by atoms with Gasteiger partial charge in [-0.15, -0.1) is 5.10 Å². The zero-order valence-electron chi connectivity index (χ0n) is 15.6. The van der Waals surface area contributed by atoms with Crippen molar-refractivity contribution in [1.29, 1.82) is 0 Å². The van der Waals surface area contributed by atoms with Crippen LogP contribution in [0.2, 0.25) is 0 Å². The molecular weight excluding hydrogens is 387 g/mol. The van der Waals surface area contributed by atoms with Crippen molar-refractivity contribution < 1.29 is 9.18 Å². The van der Waals surface area contributed by atoms with Crippen LogP contribution < -0.4 is 5.32 Å². The quantitative estimate of drug-likeness (QED) is 0.488. The molecule has 1 amide bonds. The second kappa shape index (κ2) is 7.48. The van der Waals surface area contributed by atoms with Gasteiger partial charge in [0.1, 0.15) is 10.8 Å². The SMILES string of the molecule is O=C(CSc1nncc2c1[nH]c1ccc(F)cc12)N[C@@H]1CCCc2ccccc21. The Balaban J connectivity index is 1.33. The summed E-state index contributed by atoms with van der Waals surface area (Å²) in [4.78, 5) is 15.9. The molecule has 7 heteroatoms. The van der Waals surface area contributed by atoms with Gasteiger partial charge >= 0.3 is 0 Å². The largest absolute Gasteiger partial charge is 0.352 e. The summed E-state index contributed by atoms with van der Waals surface area (Å²) in [5.41, 5.74) is 4.14. The summed E-state index contributed by atoms with van der Waals surface area (Å²) >= 11 is 1.34.